The zero-order chi connectivity index (χ0) is 8.36. The minimum atomic E-state index is -4.48. The SMILES string of the molecule is C=C(SC(F)(F)F)C(=O)Cl. The van der Waals surface area contributed by atoms with Gasteiger partial charge in [-0.15, -0.1) is 0 Å². The van der Waals surface area contributed by atoms with E-state index in [9.17, 15) is 18.0 Å². The summed E-state index contributed by atoms with van der Waals surface area (Å²) < 4.78 is 34.1. The highest BCUT2D eigenvalue weighted by Crippen LogP contribution is 2.36. The highest BCUT2D eigenvalue weighted by Gasteiger charge is 2.31. The molecule has 0 aliphatic carbocycles. The Morgan fingerprint density at radius 2 is 1.90 bits per heavy atom. The molecule has 0 bridgehead atoms. The van der Waals surface area contributed by atoms with Crippen molar-refractivity contribution >= 4 is 28.6 Å². The van der Waals surface area contributed by atoms with E-state index in [2.05, 4.69) is 18.2 Å². The fraction of sp³-hybridized carbons (Fsp3) is 0.250. The van der Waals surface area contributed by atoms with E-state index in [4.69, 9.17) is 0 Å². The first-order valence-electron chi connectivity index (χ1n) is 1.97. The molecule has 58 valence electrons. The van der Waals surface area contributed by atoms with Crippen LogP contribution >= 0.6 is 23.4 Å². The van der Waals surface area contributed by atoms with Gasteiger partial charge in [0.15, 0.2) is 0 Å². The highest BCUT2D eigenvalue weighted by molar-refractivity contribution is 8.05. The summed E-state index contributed by atoms with van der Waals surface area (Å²) in [5.74, 6) is 0. The fourth-order valence-electron chi connectivity index (χ4n) is 0.180. The van der Waals surface area contributed by atoms with Crippen LogP contribution in [-0.2, 0) is 4.79 Å². The van der Waals surface area contributed by atoms with Gasteiger partial charge in [0, 0.05) is 0 Å². The number of carbonyl (C=O) groups is 1. The summed E-state index contributed by atoms with van der Waals surface area (Å²) in [5, 5.41) is -1.18. The third kappa shape index (κ3) is 4.69. The Morgan fingerprint density at radius 3 is 2.00 bits per heavy atom. The quantitative estimate of drug-likeness (QED) is 0.492. The van der Waals surface area contributed by atoms with Crippen LogP contribution in [0.25, 0.3) is 0 Å². The van der Waals surface area contributed by atoms with E-state index < -0.39 is 27.4 Å². The summed E-state index contributed by atoms with van der Waals surface area (Å²) in [6.07, 6.45) is 0. The van der Waals surface area contributed by atoms with E-state index in [-0.39, 0.29) is 0 Å². The molecular formula is C4H2ClF3OS. The van der Waals surface area contributed by atoms with E-state index in [1.165, 1.54) is 0 Å². The molecule has 0 rings (SSSR count). The lowest BCUT2D eigenvalue weighted by atomic mass is 10.7. The number of hydrogen-bond donors (Lipinski definition) is 0. The number of rotatable bonds is 2. The smallest absolute Gasteiger partial charge is 0.275 e. The maximum atomic E-state index is 11.4. The van der Waals surface area contributed by atoms with Crippen LogP contribution in [0.3, 0.4) is 0 Å². The molecule has 0 N–H and O–H groups in total. The lowest BCUT2D eigenvalue weighted by Crippen LogP contribution is -2.02. The average Bonchev–Trinajstić information content (AvgIpc) is 1.60. The van der Waals surface area contributed by atoms with Crippen LogP contribution in [0.4, 0.5) is 13.2 Å². The van der Waals surface area contributed by atoms with Crippen LogP contribution in [0, 0.1) is 0 Å². The largest absolute Gasteiger partial charge is 0.446 e. The van der Waals surface area contributed by atoms with Crippen molar-refractivity contribution < 1.29 is 18.0 Å². The third-order valence-corrected chi connectivity index (χ3v) is 1.46. The Hall–Kier alpha value is -0.160. The van der Waals surface area contributed by atoms with Gasteiger partial charge in [0.05, 0.1) is 4.91 Å². The molecule has 0 spiro atoms. The van der Waals surface area contributed by atoms with Gasteiger partial charge in [-0.1, -0.05) is 6.58 Å². The lowest BCUT2D eigenvalue weighted by molar-refractivity contribution is -0.108. The van der Waals surface area contributed by atoms with Crippen molar-refractivity contribution in [3.63, 3.8) is 0 Å². The van der Waals surface area contributed by atoms with Crippen molar-refractivity contribution in [3.8, 4) is 0 Å². The van der Waals surface area contributed by atoms with Gasteiger partial charge in [0.25, 0.3) is 5.24 Å². The van der Waals surface area contributed by atoms with E-state index >= 15 is 0 Å². The van der Waals surface area contributed by atoms with E-state index in [0.29, 0.717) is 0 Å². The monoisotopic (exact) mass is 190 g/mol. The molecule has 0 atom stereocenters. The first kappa shape index (κ1) is 9.84. The van der Waals surface area contributed by atoms with Crippen LogP contribution in [0.2, 0.25) is 0 Å². The topological polar surface area (TPSA) is 17.1 Å². The summed E-state index contributed by atoms with van der Waals surface area (Å²) in [5.41, 5.74) is -4.48. The van der Waals surface area contributed by atoms with Gasteiger partial charge in [-0.3, -0.25) is 4.79 Å². The summed E-state index contributed by atoms with van der Waals surface area (Å²) in [6.45, 7) is 2.80. The van der Waals surface area contributed by atoms with Crippen LogP contribution in [0.1, 0.15) is 0 Å². The number of carbonyl (C=O) groups excluding carboxylic acids is 1. The summed E-state index contributed by atoms with van der Waals surface area (Å²) in [6, 6.07) is 0. The highest BCUT2D eigenvalue weighted by atomic mass is 35.5. The second kappa shape index (κ2) is 3.30. The molecule has 0 fully saturated rings. The van der Waals surface area contributed by atoms with Crippen molar-refractivity contribution in [2.75, 3.05) is 0 Å². The molecule has 0 aromatic heterocycles. The average molecular weight is 191 g/mol. The predicted molar refractivity (Wildman–Crippen MR) is 33.6 cm³/mol. The van der Waals surface area contributed by atoms with Crippen LogP contribution in [0.15, 0.2) is 11.5 Å². The van der Waals surface area contributed by atoms with Crippen molar-refractivity contribution in [2.24, 2.45) is 0 Å². The standard InChI is InChI=1S/C4H2ClF3OS/c1-2(3(5)9)10-4(6,7)8/h1H2. The first-order valence-corrected chi connectivity index (χ1v) is 3.17. The summed E-state index contributed by atoms with van der Waals surface area (Å²) in [7, 11) is 0. The Labute approximate surface area is 64.2 Å². The molecule has 0 unspecified atom stereocenters. The Kier molecular flexibility index (Phi) is 3.24. The second-order valence-corrected chi connectivity index (χ2v) is 2.75. The van der Waals surface area contributed by atoms with E-state index in [1.807, 2.05) is 0 Å². The molecule has 0 saturated heterocycles. The van der Waals surface area contributed by atoms with Crippen molar-refractivity contribution in [3.05, 3.63) is 11.5 Å². The minimum absolute atomic E-state index is 0.611. The second-order valence-electron chi connectivity index (χ2n) is 1.24. The molecular weight excluding hydrogens is 189 g/mol. The zero-order valence-corrected chi connectivity index (χ0v) is 6.11. The Balaban J connectivity index is 3.93. The molecule has 1 nitrogen and oxygen atoms in total. The molecule has 0 heterocycles. The molecule has 0 radical (unpaired) electrons. The summed E-state index contributed by atoms with van der Waals surface area (Å²) in [4.78, 5) is 9.25. The number of allylic oxidation sites excluding steroid dienone is 1. The van der Waals surface area contributed by atoms with Gasteiger partial charge in [-0.05, 0) is 23.4 Å². The Bertz CT molecular complexity index is 164. The van der Waals surface area contributed by atoms with Gasteiger partial charge in [-0.25, -0.2) is 0 Å². The molecule has 0 aliphatic rings. The minimum Gasteiger partial charge on any atom is -0.275 e. The molecule has 0 aromatic rings. The van der Waals surface area contributed by atoms with Gasteiger partial charge >= 0.3 is 5.51 Å². The molecule has 6 heteroatoms. The molecule has 0 aliphatic heterocycles. The normalized spacial score (nSPS) is 11.2. The van der Waals surface area contributed by atoms with Gasteiger partial charge < -0.3 is 0 Å². The molecule has 0 aromatic carbocycles. The van der Waals surface area contributed by atoms with E-state index in [1.54, 1.807) is 0 Å². The fourth-order valence-corrected chi connectivity index (χ4v) is 0.655. The number of alkyl halides is 3. The summed E-state index contributed by atoms with van der Waals surface area (Å²) >= 11 is 4.06. The van der Waals surface area contributed by atoms with Crippen LogP contribution < -0.4 is 0 Å². The van der Waals surface area contributed by atoms with Gasteiger partial charge in [0.2, 0.25) is 0 Å². The van der Waals surface area contributed by atoms with Crippen LogP contribution in [-0.4, -0.2) is 10.8 Å². The van der Waals surface area contributed by atoms with Crippen molar-refractivity contribution in [1.29, 1.82) is 0 Å². The van der Waals surface area contributed by atoms with Gasteiger partial charge in [-0.2, -0.15) is 13.2 Å². The molecule has 0 saturated carbocycles. The molecule has 10 heavy (non-hydrogen) atoms. The van der Waals surface area contributed by atoms with Gasteiger partial charge in [0.1, 0.15) is 0 Å². The number of hydrogen-bond acceptors (Lipinski definition) is 2. The van der Waals surface area contributed by atoms with Crippen molar-refractivity contribution in [1.82, 2.24) is 0 Å². The van der Waals surface area contributed by atoms with Crippen molar-refractivity contribution in [2.45, 2.75) is 5.51 Å². The number of thioether (sulfide) groups is 1. The third-order valence-electron chi connectivity index (χ3n) is 0.458. The maximum absolute atomic E-state index is 11.4. The number of halogens is 4. The van der Waals surface area contributed by atoms with Crippen LogP contribution in [0.5, 0.6) is 0 Å². The molecule has 0 amide bonds. The maximum Gasteiger partial charge on any atom is 0.446 e. The lowest BCUT2D eigenvalue weighted by Gasteiger charge is -2.02. The Morgan fingerprint density at radius 1 is 1.50 bits per heavy atom. The van der Waals surface area contributed by atoms with E-state index in [0.717, 1.165) is 0 Å². The first-order chi connectivity index (χ1) is 4.33. The predicted octanol–water partition coefficient (Wildman–Crippen LogP) is 2.52. The zero-order valence-electron chi connectivity index (χ0n) is 4.54.